The van der Waals surface area contributed by atoms with Gasteiger partial charge < -0.3 is 5.11 Å². The summed E-state index contributed by atoms with van der Waals surface area (Å²) in [4.78, 5) is 0. The molecule has 2 aliphatic carbocycles. The van der Waals surface area contributed by atoms with Crippen molar-refractivity contribution in [2.24, 2.45) is 17.3 Å². The Labute approximate surface area is 62.4 Å². The Bertz CT molecular complexity index is 153. The predicted molar refractivity (Wildman–Crippen MR) is 40.6 cm³/mol. The molecule has 2 aliphatic rings. The number of hydrogen-bond acceptors (Lipinski definition) is 1. The quantitative estimate of drug-likeness (QED) is 0.589. The Balaban J connectivity index is 2.11. The fourth-order valence-electron chi connectivity index (χ4n) is 2.73. The van der Waals surface area contributed by atoms with Crippen LogP contribution in [0.2, 0.25) is 0 Å². The van der Waals surface area contributed by atoms with Crippen LogP contribution in [0.4, 0.5) is 0 Å². The largest absolute Gasteiger partial charge is 0.393 e. The van der Waals surface area contributed by atoms with Gasteiger partial charge in [-0.1, -0.05) is 13.8 Å². The number of fused-ring (bicyclic) bond motifs is 1. The van der Waals surface area contributed by atoms with Crippen molar-refractivity contribution < 1.29 is 5.11 Å². The van der Waals surface area contributed by atoms with Gasteiger partial charge in [-0.2, -0.15) is 0 Å². The molecule has 1 nitrogen and oxygen atoms in total. The van der Waals surface area contributed by atoms with Gasteiger partial charge in [0.15, 0.2) is 0 Å². The molecule has 0 radical (unpaired) electrons. The van der Waals surface area contributed by atoms with Crippen LogP contribution >= 0.6 is 0 Å². The lowest BCUT2D eigenvalue weighted by Crippen LogP contribution is -2.08. The van der Waals surface area contributed by atoms with E-state index >= 15 is 0 Å². The third kappa shape index (κ3) is 0.619. The SMILES string of the molecule is CC(C)[C@]12CC[C@H](O)[C@H]1C2. The lowest BCUT2D eigenvalue weighted by atomic mass is 9.90. The van der Waals surface area contributed by atoms with Crippen LogP contribution in [0, 0.1) is 17.3 Å². The molecule has 0 amide bonds. The lowest BCUT2D eigenvalue weighted by Gasteiger charge is -2.15. The summed E-state index contributed by atoms with van der Waals surface area (Å²) in [5.74, 6) is 1.46. The van der Waals surface area contributed by atoms with Gasteiger partial charge in [-0.25, -0.2) is 0 Å². The van der Waals surface area contributed by atoms with Crippen molar-refractivity contribution in [3.8, 4) is 0 Å². The highest BCUT2D eigenvalue weighted by molar-refractivity contribution is 5.11. The fraction of sp³-hybridized carbons (Fsp3) is 1.00. The van der Waals surface area contributed by atoms with Crippen LogP contribution < -0.4 is 0 Å². The second-order valence-corrected chi connectivity index (χ2v) is 4.30. The maximum atomic E-state index is 9.45. The number of aliphatic hydroxyl groups is 1. The van der Waals surface area contributed by atoms with Crippen LogP contribution in [0.3, 0.4) is 0 Å². The zero-order valence-electron chi connectivity index (χ0n) is 6.80. The first kappa shape index (κ1) is 6.66. The van der Waals surface area contributed by atoms with Crippen molar-refractivity contribution in [2.75, 3.05) is 0 Å². The van der Waals surface area contributed by atoms with E-state index in [1.165, 1.54) is 12.8 Å². The zero-order chi connectivity index (χ0) is 7.35. The number of rotatable bonds is 1. The van der Waals surface area contributed by atoms with Crippen molar-refractivity contribution in [1.82, 2.24) is 0 Å². The van der Waals surface area contributed by atoms with Crippen molar-refractivity contribution in [3.05, 3.63) is 0 Å². The Morgan fingerprint density at radius 3 is 2.40 bits per heavy atom. The minimum absolute atomic E-state index is 0.0439. The minimum atomic E-state index is 0.0439. The van der Waals surface area contributed by atoms with Gasteiger partial charge in [0.25, 0.3) is 0 Å². The number of aliphatic hydroxyl groups excluding tert-OH is 1. The van der Waals surface area contributed by atoms with Gasteiger partial charge >= 0.3 is 0 Å². The van der Waals surface area contributed by atoms with Gasteiger partial charge in [-0.15, -0.1) is 0 Å². The molecule has 3 atom stereocenters. The first-order valence-corrected chi connectivity index (χ1v) is 4.35. The summed E-state index contributed by atoms with van der Waals surface area (Å²) in [7, 11) is 0. The summed E-state index contributed by atoms with van der Waals surface area (Å²) < 4.78 is 0. The predicted octanol–water partition coefficient (Wildman–Crippen LogP) is 1.80. The van der Waals surface area contributed by atoms with E-state index in [9.17, 15) is 5.11 Å². The maximum absolute atomic E-state index is 9.45. The van der Waals surface area contributed by atoms with E-state index < -0.39 is 0 Å². The maximum Gasteiger partial charge on any atom is 0.0574 e. The van der Waals surface area contributed by atoms with Gasteiger partial charge in [-0.05, 0) is 36.5 Å². The van der Waals surface area contributed by atoms with Crippen LogP contribution in [-0.4, -0.2) is 11.2 Å². The summed E-state index contributed by atoms with van der Waals surface area (Å²) in [5.41, 5.74) is 0.583. The summed E-state index contributed by atoms with van der Waals surface area (Å²) in [6.45, 7) is 4.58. The smallest absolute Gasteiger partial charge is 0.0574 e. The Kier molecular flexibility index (Phi) is 1.17. The molecule has 1 heteroatoms. The molecular weight excluding hydrogens is 124 g/mol. The Morgan fingerprint density at radius 2 is 2.20 bits per heavy atom. The zero-order valence-corrected chi connectivity index (χ0v) is 6.80. The van der Waals surface area contributed by atoms with E-state index in [1.807, 2.05) is 0 Å². The van der Waals surface area contributed by atoms with Crippen molar-refractivity contribution >= 4 is 0 Å². The second-order valence-electron chi connectivity index (χ2n) is 4.30. The molecule has 2 fully saturated rings. The minimum Gasteiger partial charge on any atom is -0.393 e. The Morgan fingerprint density at radius 1 is 1.50 bits per heavy atom. The normalized spacial score (nSPS) is 51.6. The average Bonchev–Trinajstić information content (AvgIpc) is 2.52. The van der Waals surface area contributed by atoms with Crippen molar-refractivity contribution in [3.63, 3.8) is 0 Å². The molecule has 10 heavy (non-hydrogen) atoms. The molecule has 0 aromatic carbocycles. The first-order valence-electron chi connectivity index (χ1n) is 4.35. The van der Waals surface area contributed by atoms with E-state index in [0.717, 1.165) is 12.3 Å². The van der Waals surface area contributed by atoms with Crippen LogP contribution in [0.25, 0.3) is 0 Å². The number of hydrogen-bond donors (Lipinski definition) is 1. The molecule has 0 bridgehead atoms. The van der Waals surface area contributed by atoms with E-state index in [2.05, 4.69) is 13.8 Å². The highest BCUT2D eigenvalue weighted by Crippen LogP contribution is 2.67. The summed E-state index contributed by atoms with van der Waals surface area (Å²) >= 11 is 0. The standard InChI is InChI=1S/C9H16O/c1-6(2)9-4-3-8(10)7(9)5-9/h6-8,10H,3-5H2,1-2H3/t7-,8+,9-/m1/s1. The van der Waals surface area contributed by atoms with Crippen molar-refractivity contribution in [2.45, 2.75) is 39.2 Å². The third-order valence-corrected chi connectivity index (χ3v) is 3.70. The van der Waals surface area contributed by atoms with Crippen molar-refractivity contribution in [1.29, 1.82) is 0 Å². The molecule has 0 aromatic heterocycles. The Hall–Kier alpha value is -0.0400. The molecule has 0 unspecified atom stereocenters. The van der Waals surface area contributed by atoms with Crippen LogP contribution in [-0.2, 0) is 0 Å². The molecule has 1 N–H and O–H groups in total. The molecule has 58 valence electrons. The fourth-order valence-corrected chi connectivity index (χ4v) is 2.73. The van der Waals surface area contributed by atoms with E-state index in [1.54, 1.807) is 0 Å². The first-order chi connectivity index (χ1) is 4.67. The summed E-state index contributed by atoms with van der Waals surface area (Å²) in [5, 5.41) is 9.45. The van der Waals surface area contributed by atoms with E-state index in [4.69, 9.17) is 0 Å². The monoisotopic (exact) mass is 140 g/mol. The van der Waals surface area contributed by atoms with Gasteiger partial charge in [0.2, 0.25) is 0 Å². The van der Waals surface area contributed by atoms with E-state index in [-0.39, 0.29) is 6.10 Å². The molecule has 0 saturated heterocycles. The lowest BCUT2D eigenvalue weighted by molar-refractivity contribution is 0.157. The highest BCUT2D eigenvalue weighted by atomic mass is 16.3. The second kappa shape index (κ2) is 1.76. The molecular formula is C9H16O. The molecule has 0 heterocycles. The molecule has 2 saturated carbocycles. The van der Waals surface area contributed by atoms with Gasteiger partial charge in [-0.3, -0.25) is 0 Å². The topological polar surface area (TPSA) is 20.2 Å². The highest BCUT2D eigenvalue weighted by Gasteiger charge is 2.62. The van der Waals surface area contributed by atoms with Crippen LogP contribution in [0.1, 0.15) is 33.1 Å². The molecule has 2 rings (SSSR count). The third-order valence-electron chi connectivity index (χ3n) is 3.70. The van der Waals surface area contributed by atoms with E-state index in [0.29, 0.717) is 11.3 Å². The summed E-state index contributed by atoms with van der Waals surface area (Å²) in [6.07, 6.45) is 3.67. The van der Waals surface area contributed by atoms with Crippen LogP contribution in [0.5, 0.6) is 0 Å². The summed E-state index contributed by atoms with van der Waals surface area (Å²) in [6, 6.07) is 0. The van der Waals surface area contributed by atoms with Gasteiger partial charge in [0.05, 0.1) is 6.10 Å². The van der Waals surface area contributed by atoms with Gasteiger partial charge in [0.1, 0.15) is 0 Å². The average molecular weight is 140 g/mol. The molecule has 0 aliphatic heterocycles. The molecule has 0 spiro atoms. The van der Waals surface area contributed by atoms with Gasteiger partial charge in [0, 0.05) is 0 Å². The van der Waals surface area contributed by atoms with Crippen LogP contribution in [0.15, 0.2) is 0 Å². The molecule has 0 aromatic rings.